The van der Waals surface area contributed by atoms with E-state index in [0.717, 1.165) is 21.9 Å². The summed E-state index contributed by atoms with van der Waals surface area (Å²) in [5.41, 5.74) is 8.46. The molecular weight excluding hydrogens is 340 g/mol. The molecule has 2 aromatic heterocycles. The van der Waals surface area contributed by atoms with Crippen LogP contribution in [0, 0.1) is 0 Å². The van der Waals surface area contributed by atoms with Gasteiger partial charge >= 0.3 is 0 Å². The third-order valence-corrected chi connectivity index (χ3v) is 4.63. The van der Waals surface area contributed by atoms with Gasteiger partial charge in [-0.1, -0.05) is 36.4 Å². The van der Waals surface area contributed by atoms with Crippen LogP contribution in [0.3, 0.4) is 0 Å². The molecule has 0 aliphatic heterocycles. The number of rotatable bonds is 5. The highest BCUT2D eigenvalue weighted by Gasteiger charge is 2.22. The fourth-order valence-corrected chi connectivity index (χ4v) is 3.27. The molecule has 4 aromatic rings. The molecule has 1 atom stereocenters. The SMILES string of the molecule is NC(=O)[C@H](Cc1c[nH]c2ccccc12)NC(=O)c1cccc2cccnc12. The third-order valence-electron chi connectivity index (χ3n) is 4.63. The van der Waals surface area contributed by atoms with E-state index in [-0.39, 0.29) is 5.91 Å². The molecule has 0 radical (unpaired) electrons. The Labute approximate surface area is 155 Å². The molecule has 4 N–H and O–H groups in total. The molecule has 2 heterocycles. The van der Waals surface area contributed by atoms with Gasteiger partial charge in [-0.2, -0.15) is 0 Å². The first-order valence-corrected chi connectivity index (χ1v) is 8.62. The second kappa shape index (κ2) is 6.92. The van der Waals surface area contributed by atoms with Crippen LogP contribution in [0.4, 0.5) is 0 Å². The molecular formula is C21H18N4O2. The van der Waals surface area contributed by atoms with Crippen molar-refractivity contribution in [2.24, 2.45) is 5.73 Å². The second-order valence-corrected chi connectivity index (χ2v) is 6.37. The molecule has 0 unspecified atom stereocenters. The fraction of sp³-hybridized carbons (Fsp3) is 0.0952. The van der Waals surface area contributed by atoms with Gasteiger partial charge in [0.1, 0.15) is 6.04 Å². The zero-order valence-corrected chi connectivity index (χ0v) is 14.5. The normalized spacial score (nSPS) is 12.1. The molecule has 6 heteroatoms. The highest BCUT2D eigenvalue weighted by atomic mass is 16.2. The van der Waals surface area contributed by atoms with E-state index in [0.29, 0.717) is 17.5 Å². The number of nitrogens with one attached hydrogen (secondary N) is 2. The van der Waals surface area contributed by atoms with Gasteiger partial charge < -0.3 is 16.0 Å². The van der Waals surface area contributed by atoms with Crippen molar-refractivity contribution in [3.05, 3.63) is 78.1 Å². The average molecular weight is 358 g/mol. The Bertz CT molecular complexity index is 1140. The molecule has 27 heavy (non-hydrogen) atoms. The summed E-state index contributed by atoms with van der Waals surface area (Å²) in [6, 6.07) is 16.0. The van der Waals surface area contributed by atoms with E-state index in [1.54, 1.807) is 18.3 Å². The summed E-state index contributed by atoms with van der Waals surface area (Å²) in [7, 11) is 0. The maximum absolute atomic E-state index is 12.8. The molecule has 6 nitrogen and oxygen atoms in total. The number of hydrogen-bond donors (Lipinski definition) is 3. The van der Waals surface area contributed by atoms with E-state index in [9.17, 15) is 9.59 Å². The number of carbonyl (C=O) groups is 2. The number of carbonyl (C=O) groups excluding carboxylic acids is 2. The predicted molar refractivity (Wildman–Crippen MR) is 104 cm³/mol. The maximum Gasteiger partial charge on any atom is 0.254 e. The largest absolute Gasteiger partial charge is 0.368 e. The van der Waals surface area contributed by atoms with Crippen LogP contribution >= 0.6 is 0 Å². The van der Waals surface area contributed by atoms with Crippen molar-refractivity contribution in [2.45, 2.75) is 12.5 Å². The van der Waals surface area contributed by atoms with Crippen molar-refractivity contribution in [2.75, 3.05) is 0 Å². The number of nitrogens with zero attached hydrogens (tertiary/aromatic N) is 1. The monoisotopic (exact) mass is 358 g/mol. The van der Waals surface area contributed by atoms with Crippen LogP contribution in [0.2, 0.25) is 0 Å². The Balaban J connectivity index is 1.61. The number of benzene rings is 2. The minimum absolute atomic E-state index is 0.309. The molecule has 0 spiro atoms. The van der Waals surface area contributed by atoms with E-state index >= 15 is 0 Å². The number of fused-ring (bicyclic) bond motifs is 2. The van der Waals surface area contributed by atoms with Gasteiger partial charge in [-0.05, 0) is 23.8 Å². The molecule has 0 fully saturated rings. The van der Waals surface area contributed by atoms with Crippen LogP contribution in [-0.2, 0) is 11.2 Å². The van der Waals surface area contributed by atoms with Crippen LogP contribution in [0.25, 0.3) is 21.8 Å². The minimum Gasteiger partial charge on any atom is -0.368 e. The number of hydrogen-bond acceptors (Lipinski definition) is 3. The van der Waals surface area contributed by atoms with Gasteiger partial charge in [-0.25, -0.2) is 0 Å². The predicted octanol–water partition coefficient (Wildman–Crippen LogP) is 2.54. The molecule has 0 bridgehead atoms. The molecule has 2 aromatic carbocycles. The molecule has 0 aliphatic carbocycles. The Kier molecular flexibility index (Phi) is 4.30. The Morgan fingerprint density at radius 2 is 1.89 bits per heavy atom. The van der Waals surface area contributed by atoms with E-state index in [4.69, 9.17) is 5.73 Å². The number of pyridine rings is 1. The smallest absolute Gasteiger partial charge is 0.254 e. The highest BCUT2D eigenvalue weighted by Crippen LogP contribution is 2.20. The lowest BCUT2D eigenvalue weighted by Crippen LogP contribution is -2.45. The van der Waals surface area contributed by atoms with Gasteiger partial charge in [0.15, 0.2) is 0 Å². The zero-order chi connectivity index (χ0) is 18.8. The van der Waals surface area contributed by atoms with Gasteiger partial charge in [-0.15, -0.1) is 0 Å². The quantitative estimate of drug-likeness (QED) is 0.511. The topological polar surface area (TPSA) is 101 Å². The van der Waals surface area contributed by atoms with Gasteiger partial charge in [0.05, 0.1) is 11.1 Å². The summed E-state index contributed by atoms with van der Waals surface area (Å²) in [5, 5.41) is 4.62. The summed E-state index contributed by atoms with van der Waals surface area (Å²) in [6.07, 6.45) is 3.78. The number of H-pyrrole nitrogens is 1. The first kappa shape index (κ1) is 16.8. The highest BCUT2D eigenvalue weighted by molar-refractivity contribution is 6.06. The Morgan fingerprint density at radius 3 is 2.74 bits per heavy atom. The van der Waals surface area contributed by atoms with Gasteiger partial charge in [-0.3, -0.25) is 14.6 Å². The second-order valence-electron chi connectivity index (χ2n) is 6.37. The minimum atomic E-state index is -0.823. The summed E-state index contributed by atoms with van der Waals surface area (Å²) in [4.78, 5) is 32.2. The van der Waals surface area contributed by atoms with Crippen molar-refractivity contribution in [1.29, 1.82) is 0 Å². The lowest BCUT2D eigenvalue weighted by molar-refractivity contribution is -0.119. The molecule has 4 rings (SSSR count). The number of para-hydroxylation sites is 2. The number of amides is 2. The summed E-state index contributed by atoms with van der Waals surface area (Å²) in [5.74, 6) is -0.954. The van der Waals surface area contributed by atoms with E-state index in [1.165, 1.54) is 0 Å². The zero-order valence-electron chi connectivity index (χ0n) is 14.5. The number of primary amides is 1. The maximum atomic E-state index is 12.8. The molecule has 0 aliphatic rings. The molecule has 134 valence electrons. The summed E-state index contributed by atoms with van der Waals surface area (Å²) in [6.45, 7) is 0. The molecule has 2 amide bonds. The molecule has 0 saturated heterocycles. The van der Waals surface area contributed by atoms with Gasteiger partial charge in [0.2, 0.25) is 5.91 Å². The Hall–Kier alpha value is -3.67. The standard InChI is InChI=1S/C21H18N4O2/c22-20(26)18(11-14-12-24-17-9-2-1-7-15(14)17)25-21(27)16-8-3-5-13-6-4-10-23-19(13)16/h1-10,12,18,24H,11H2,(H2,22,26)(H,25,27)/t18-/m0/s1. The van der Waals surface area contributed by atoms with Crippen molar-refractivity contribution >= 4 is 33.6 Å². The van der Waals surface area contributed by atoms with Crippen molar-refractivity contribution in [3.8, 4) is 0 Å². The van der Waals surface area contributed by atoms with Crippen LogP contribution < -0.4 is 11.1 Å². The number of aromatic amines is 1. The fourth-order valence-electron chi connectivity index (χ4n) is 3.27. The lowest BCUT2D eigenvalue weighted by atomic mass is 10.0. The summed E-state index contributed by atoms with van der Waals surface area (Å²) < 4.78 is 0. The van der Waals surface area contributed by atoms with E-state index in [1.807, 2.05) is 48.7 Å². The van der Waals surface area contributed by atoms with Crippen molar-refractivity contribution in [1.82, 2.24) is 15.3 Å². The van der Waals surface area contributed by atoms with E-state index < -0.39 is 11.9 Å². The van der Waals surface area contributed by atoms with E-state index in [2.05, 4.69) is 15.3 Å². The number of aromatic nitrogens is 2. The van der Waals surface area contributed by atoms with Gasteiger partial charge in [0.25, 0.3) is 5.91 Å². The Morgan fingerprint density at radius 1 is 1.07 bits per heavy atom. The van der Waals surface area contributed by atoms with Gasteiger partial charge in [0, 0.05) is 35.1 Å². The number of nitrogens with two attached hydrogens (primary N) is 1. The van der Waals surface area contributed by atoms with Crippen molar-refractivity contribution in [3.63, 3.8) is 0 Å². The van der Waals surface area contributed by atoms with Crippen LogP contribution in [0.1, 0.15) is 15.9 Å². The molecule has 0 saturated carbocycles. The van der Waals surface area contributed by atoms with Crippen LogP contribution in [0.15, 0.2) is 67.0 Å². The van der Waals surface area contributed by atoms with Crippen LogP contribution in [-0.4, -0.2) is 27.8 Å². The van der Waals surface area contributed by atoms with Crippen molar-refractivity contribution < 1.29 is 9.59 Å². The summed E-state index contributed by atoms with van der Waals surface area (Å²) >= 11 is 0. The average Bonchev–Trinajstić information content (AvgIpc) is 3.10. The van der Waals surface area contributed by atoms with Crippen LogP contribution in [0.5, 0.6) is 0 Å². The lowest BCUT2D eigenvalue weighted by Gasteiger charge is -2.16. The first-order valence-electron chi connectivity index (χ1n) is 8.62. The third kappa shape index (κ3) is 3.25. The first-order chi connectivity index (χ1) is 13.1.